The van der Waals surface area contributed by atoms with Crippen LogP contribution in [0.4, 0.5) is 0 Å². The maximum atomic E-state index is 14.0. The molecular weight excluding hydrogens is 527 g/mol. The number of aryl methyl sites for hydroxylation is 2. The fourth-order valence-electron chi connectivity index (χ4n) is 5.09. The first kappa shape index (κ1) is 30.1. The maximum Gasteiger partial charge on any atom is 1.00 e. The summed E-state index contributed by atoms with van der Waals surface area (Å²) in [4.78, 5) is 33.0. The predicted molar refractivity (Wildman–Crippen MR) is 154 cm³/mol. The van der Waals surface area contributed by atoms with Crippen molar-refractivity contribution in [3.63, 3.8) is 0 Å². The molecular formula is C32H33KN4O3. The van der Waals surface area contributed by atoms with Crippen LogP contribution in [0.15, 0.2) is 93.0 Å². The summed E-state index contributed by atoms with van der Waals surface area (Å²) in [7, 11) is 0. The van der Waals surface area contributed by atoms with Crippen molar-refractivity contribution in [2.24, 2.45) is 0 Å². The van der Waals surface area contributed by atoms with E-state index >= 15 is 0 Å². The van der Waals surface area contributed by atoms with Gasteiger partial charge in [-0.05, 0) is 48.9 Å². The Bertz CT molecular complexity index is 1700. The summed E-state index contributed by atoms with van der Waals surface area (Å²) in [5, 5.41) is 3.85. The van der Waals surface area contributed by atoms with E-state index in [0.29, 0.717) is 12.2 Å². The van der Waals surface area contributed by atoms with E-state index in [1.165, 1.54) is 0 Å². The van der Waals surface area contributed by atoms with Crippen LogP contribution >= 0.6 is 0 Å². The molecule has 5 aromatic rings. The van der Waals surface area contributed by atoms with Gasteiger partial charge in [0.05, 0.1) is 11.7 Å². The van der Waals surface area contributed by atoms with E-state index in [4.69, 9.17) is 9.51 Å². The number of nitrogens with zero attached hydrogens (tertiary/aromatic N) is 3. The topological polar surface area (TPSA) is 93.8 Å². The summed E-state index contributed by atoms with van der Waals surface area (Å²) in [6, 6.07) is 25.8. The Balaban J connectivity index is 0.00000231. The Labute approximate surface area is 277 Å². The molecule has 2 aromatic heterocycles. The van der Waals surface area contributed by atoms with Gasteiger partial charge in [-0.3, -0.25) is 18.9 Å². The van der Waals surface area contributed by atoms with E-state index in [2.05, 4.69) is 24.0 Å². The number of rotatable bonds is 9. The molecule has 7 nitrogen and oxygen atoms in total. The summed E-state index contributed by atoms with van der Waals surface area (Å²) in [6.45, 7) is 6.13. The van der Waals surface area contributed by atoms with Gasteiger partial charge < -0.3 is 1.43 Å². The summed E-state index contributed by atoms with van der Waals surface area (Å²) < 4.78 is 6.53. The number of H-pyrrole nitrogens is 1. The fraction of sp³-hybridized carbons (Fsp3) is 0.250. The molecule has 1 unspecified atom stereocenters. The number of unbranched alkanes of at least 4 members (excludes halogenated alkanes) is 1. The zero-order valence-electron chi connectivity index (χ0n) is 24.5. The normalized spacial score (nSPS) is 11.7. The van der Waals surface area contributed by atoms with E-state index in [1.807, 2.05) is 90.4 Å². The molecule has 0 aliphatic heterocycles. The van der Waals surface area contributed by atoms with Gasteiger partial charge >= 0.3 is 57.1 Å². The minimum absolute atomic E-state index is 0. The largest absolute Gasteiger partial charge is 1.00 e. The average Bonchev–Trinajstić information content (AvgIpc) is 3.40. The molecule has 0 aliphatic rings. The van der Waals surface area contributed by atoms with Crippen molar-refractivity contribution in [2.45, 2.75) is 52.5 Å². The van der Waals surface area contributed by atoms with Crippen molar-refractivity contribution in [1.82, 2.24) is 19.7 Å². The molecule has 1 atom stereocenters. The Kier molecular flexibility index (Phi) is 10.3. The number of aromatic amines is 1. The fourth-order valence-corrected chi connectivity index (χ4v) is 5.09. The molecule has 0 saturated heterocycles. The van der Waals surface area contributed by atoms with Crippen LogP contribution in [0.3, 0.4) is 0 Å². The smallest absolute Gasteiger partial charge is 1.00 e. The molecule has 0 aliphatic carbocycles. The van der Waals surface area contributed by atoms with Crippen LogP contribution in [0.5, 0.6) is 0 Å². The number of hydrogen-bond donors (Lipinski definition) is 1. The summed E-state index contributed by atoms with van der Waals surface area (Å²) in [5.41, 5.74) is 6.45. The van der Waals surface area contributed by atoms with Crippen LogP contribution < -0.4 is 62.7 Å². The Morgan fingerprint density at radius 1 is 0.950 bits per heavy atom. The van der Waals surface area contributed by atoms with Gasteiger partial charge in [-0.2, -0.15) is 0 Å². The number of hydrogen-bond acceptors (Lipinski definition) is 5. The average molecular weight is 561 g/mol. The molecule has 3 aromatic carbocycles. The van der Waals surface area contributed by atoms with Gasteiger partial charge in [0.15, 0.2) is 5.82 Å². The van der Waals surface area contributed by atoms with E-state index in [0.717, 1.165) is 64.2 Å². The van der Waals surface area contributed by atoms with Gasteiger partial charge in [-0.1, -0.05) is 97.4 Å². The van der Waals surface area contributed by atoms with Crippen LogP contribution in [0.1, 0.15) is 62.4 Å². The second-order valence-corrected chi connectivity index (χ2v) is 9.81. The van der Waals surface area contributed by atoms with Crippen LogP contribution in [0, 0.1) is 6.92 Å². The van der Waals surface area contributed by atoms with Crippen molar-refractivity contribution in [3.05, 3.63) is 128 Å². The molecule has 0 fully saturated rings. The van der Waals surface area contributed by atoms with Gasteiger partial charge in [0, 0.05) is 17.5 Å². The first-order chi connectivity index (χ1) is 19.0. The molecule has 0 spiro atoms. The summed E-state index contributed by atoms with van der Waals surface area (Å²) >= 11 is 0. The van der Waals surface area contributed by atoms with E-state index < -0.39 is 5.76 Å². The molecule has 0 amide bonds. The predicted octanol–water partition coefficient (Wildman–Crippen LogP) is 3.22. The van der Waals surface area contributed by atoms with Gasteiger partial charge in [-0.15, -0.1) is 0 Å². The van der Waals surface area contributed by atoms with E-state index in [1.54, 1.807) is 0 Å². The van der Waals surface area contributed by atoms with Crippen LogP contribution in [0.2, 0.25) is 0 Å². The van der Waals surface area contributed by atoms with Gasteiger partial charge in [0.1, 0.15) is 5.82 Å². The Hall–Kier alpha value is -2.88. The van der Waals surface area contributed by atoms with Crippen molar-refractivity contribution >= 4 is 0 Å². The Morgan fingerprint density at radius 3 is 2.27 bits per heavy atom. The third-order valence-corrected chi connectivity index (χ3v) is 7.18. The maximum absolute atomic E-state index is 14.0. The second kappa shape index (κ2) is 13.7. The zero-order valence-corrected chi connectivity index (χ0v) is 26.6. The van der Waals surface area contributed by atoms with Crippen molar-refractivity contribution in [3.8, 4) is 22.5 Å². The van der Waals surface area contributed by atoms with Crippen molar-refractivity contribution in [2.75, 3.05) is 0 Å². The number of nitrogens with one attached hydrogen (secondary N) is 1. The first-order valence-corrected chi connectivity index (χ1v) is 13.4. The molecule has 0 saturated carbocycles. The molecule has 5 rings (SSSR count). The van der Waals surface area contributed by atoms with Crippen molar-refractivity contribution in [1.29, 1.82) is 0 Å². The number of aromatic nitrogens is 4. The third kappa shape index (κ3) is 6.53. The number of benzene rings is 3. The zero-order chi connectivity index (χ0) is 27.4. The van der Waals surface area contributed by atoms with Gasteiger partial charge in [-0.25, -0.2) is 9.78 Å². The molecule has 40 heavy (non-hydrogen) atoms. The SMILES string of the molecule is CCCCc1nc(C)n(C(C)c2ccccc2)c(=O)c1Cc1ccc(-c2ccccc2-c2noc(=O)[nH]2)cc1.[H-].[K+]. The van der Waals surface area contributed by atoms with Crippen LogP contribution in [-0.4, -0.2) is 19.7 Å². The van der Waals surface area contributed by atoms with Crippen LogP contribution in [-0.2, 0) is 12.8 Å². The first-order valence-electron chi connectivity index (χ1n) is 13.4. The van der Waals surface area contributed by atoms with Crippen molar-refractivity contribution < 1.29 is 57.3 Å². The summed E-state index contributed by atoms with van der Waals surface area (Å²) in [5.74, 6) is 0.538. The molecule has 1 N–H and O–H groups in total. The van der Waals surface area contributed by atoms with E-state index in [9.17, 15) is 9.59 Å². The molecule has 2 heterocycles. The Morgan fingerprint density at radius 2 is 1.62 bits per heavy atom. The quantitative estimate of drug-likeness (QED) is 0.280. The van der Waals surface area contributed by atoms with Gasteiger partial charge in [0.2, 0.25) is 0 Å². The third-order valence-electron chi connectivity index (χ3n) is 7.18. The summed E-state index contributed by atoms with van der Waals surface area (Å²) in [6.07, 6.45) is 3.31. The van der Waals surface area contributed by atoms with Crippen LogP contribution in [0.25, 0.3) is 22.5 Å². The molecule has 0 bridgehead atoms. The molecule has 0 radical (unpaired) electrons. The molecule has 200 valence electrons. The second-order valence-electron chi connectivity index (χ2n) is 9.81. The minimum Gasteiger partial charge on any atom is -1.00 e. The standard InChI is InChI=1S/C32H32N4O3.K.H/c1-4-5-15-29-28(31(37)36(22(3)33-29)21(2)24-11-7-6-8-12-24)20-23-16-18-25(19-17-23)26-13-9-10-14-27(26)30-34-32(38)39-35-30;;/h6-14,16-19,21H,4-5,15,20H2,1-3H3,(H,34,35,38);;/q;+1;-1. The monoisotopic (exact) mass is 560 g/mol. The minimum atomic E-state index is -0.590. The molecule has 8 heteroatoms. The van der Waals surface area contributed by atoms with E-state index in [-0.39, 0.29) is 64.4 Å². The van der Waals surface area contributed by atoms with Gasteiger partial charge in [0.25, 0.3) is 5.56 Å².